The molecule has 6 nitrogen and oxygen atoms in total. The number of carboxylic acids is 1. The highest BCUT2D eigenvalue weighted by molar-refractivity contribution is 6.31. The first-order chi connectivity index (χ1) is 12.0. The lowest BCUT2D eigenvalue weighted by atomic mass is 10.0. The smallest absolute Gasteiger partial charge is 0.317 e. The van der Waals surface area contributed by atoms with Gasteiger partial charge >= 0.3 is 5.97 Å². The minimum absolute atomic E-state index is 0.0650. The molecule has 0 aliphatic carbocycles. The number of carbonyl (C=O) groups excluding carboxylic acids is 1. The van der Waals surface area contributed by atoms with E-state index >= 15 is 0 Å². The van der Waals surface area contributed by atoms with Gasteiger partial charge in [0.1, 0.15) is 0 Å². The lowest BCUT2D eigenvalue weighted by Gasteiger charge is -2.38. The van der Waals surface area contributed by atoms with Crippen LogP contribution in [0.25, 0.3) is 0 Å². The van der Waals surface area contributed by atoms with Gasteiger partial charge in [-0.1, -0.05) is 17.7 Å². The third kappa shape index (κ3) is 4.14. The van der Waals surface area contributed by atoms with Gasteiger partial charge in [-0.3, -0.25) is 19.4 Å². The number of benzene rings is 1. The Morgan fingerprint density at radius 1 is 1.28 bits per heavy atom. The Bertz CT molecular complexity index is 646. The number of likely N-dealkylation sites (tertiary alicyclic amines) is 1. The summed E-state index contributed by atoms with van der Waals surface area (Å²) in [4.78, 5) is 29.6. The van der Waals surface area contributed by atoms with Crippen LogP contribution < -0.4 is 4.90 Å². The highest BCUT2D eigenvalue weighted by atomic mass is 35.5. The molecule has 0 bridgehead atoms. The molecule has 1 amide bonds. The monoisotopic (exact) mass is 365 g/mol. The molecule has 25 heavy (non-hydrogen) atoms. The molecule has 1 aromatic rings. The van der Waals surface area contributed by atoms with Gasteiger partial charge in [0, 0.05) is 36.4 Å². The molecule has 1 unspecified atom stereocenters. The van der Waals surface area contributed by atoms with Gasteiger partial charge in [-0.15, -0.1) is 0 Å². The van der Waals surface area contributed by atoms with Gasteiger partial charge in [0.2, 0.25) is 5.91 Å². The highest BCUT2D eigenvalue weighted by Crippen LogP contribution is 2.28. The van der Waals surface area contributed by atoms with Gasteiger partial charge in [-0.2, -0.15) is 0 Å². The van der Waals surface area contributed by atoms with E-state index in [1.807, 2.05) is 41.1 Å². The van der Waals surface area contributed by atoms with Crippen LogP contribution >= 0.6 is 11.6 Å². The van der Waals surface area contributed by atoms with E-state index in [1.54, 1.807) is 0 Å². The Hall–Kier alpha value is -1.63. The molecule has 0 aromatic heterocycles. The summed E-state index contributed by atoms with van der Waals surface area (Å²) < 4.78 is 0. The number of amides is 1. The Kier molecular flexibility index (Phi) is 5.61. The van der Waals surface area contributed by atoms with Gasteiger partial charge in [-0.25, -0.2) is 0 Å². The fourth-order valence-electron chi connectivity index (χ4n) is 3.88. The normalized spacial score (nSPS) is 22.8. The van der Waals surface area contributed by atoms with Crippen LogP contribution in [0.15, 0.2) is 24.3 Å². The standard InChI is InChI=1S/C18H24ClN3O3/c1-20(12-17(23)24)14-5-8-21(9-6-14)16-7-10-22(18(16)25)15-4-2-3-13(19)11-15/h2-4,11,14,16H,5-10,12H2,1H3,(H,23,24). The maximum Gasteiger partial charge on any atom is 0.317 e. The number of rotatable bonds is 5. The number of carboxylic acid groups (broad SMARTS) is 1. The molecule has 7 heteroatoms. The number of aliphatic carboxylic acids is 1. The number of nitrogens with zero attached hydrogens (tertiary/aromatic N) is 3. The van der Waals surface area contributed by atoms with Crippen molar-refractivity contribution in [2.45, 2.75) is 31.3 Å². The third-order valence-corrected chi connectivity index (χ3v) is 5.48. The number of hydrogen-bond donors (Lipinski definition) is 1. The molecule has 1 N–H and O–H groups in total. The number of hydrogen-bond acceptors (Lipinski definition) is 4. The van der Waals surface area contributed by atoms with Crippen molar-refractivity contribution < 1.29 is 14.7 Å². The van der Waals surface area contributed by atoms with Crippen molar-refractivity contribution in [1.29, 1.82) is 0 Å². The van der Waals surface area contributed by atoms with Crippen molar-refractivity contribution in [3.05, 3.63) is 29.3 Å². The maximum atomic E-state index is 12.8. The van der Waals surface area contributed by atoms with Gasteiger partial charge < -0.3 is 10.0 Å². The topological polar surface area (TPSA) is 64.1 Å². The van der Waals surface area contributed by atoms with E-state index < -0.39 is 5.97 Å². The Labute approximate surface area is 152 Å². The van der Waals surface area contributed by atoms with Crippen LogP contribution in [0.4, 0.5) is 5.69 Å². The summed E-state index contributed by atoms with van der Waals surface area (Å²) >= 11 is 6.04. The fourth-order valence-corrected chi connectivity index (χ4v) is 4.07. The molecule has 2 aliphatic heterocycles. The predicted molar refractivity (Wildman–Crippen MR) is 97.1 cm³/mol. The number of halogens is 1. The molecular formula is C18H24ClN3O3. The summed E-state index contributed by atoms with van der Waals surface area (Å²) in [5.74, 6) is -0.660. The Morgan fingerprint density at radius 3 is 2.64 bits per heavy atom. The molecule has 2 aliphatic rings. The Morgan fingerprint density at radius 2 is 2.00 bits per heavy atom. The SMILES string of the molecule is CN(CC(=O)O)C1CCN(C2CCN(c3cccc(Cl)c3)C2=O)CC1. The lowest BCUT2D eigenvalue weighted by molar-refractivity contribution is -0.138. The zero-order valence-corrected chi connectivity index (χ0v) is 15.2. The molecule has 1 aromatic carbocycles. The van der Waals surface area contributed by atoms with E-state index in [9.17, 15) is 9.59 Å². The van der Waals surface area contributed by atoms with Crippen LogP contribution in [0.3, 0.4) is 0 Å². The van der Waals surface area contributed by atoms with Crippen molar-refractivity contribution in [2.75, 3.05) is 38.1 Å². The van der Waals surface area contributed by atoms with Crippen LogP contribution in [-0.2, 0) is 9.59 Å². The van der Waals surface area contributed by atoms with Crippen molar-refractivity contribution >= 4 is 29.2 Å². The quantitative estimate of drug-likeness (QED) is 0.863. The van der Waals surface area contributed by atoms with Crippen LogP contribution in [0.1, 0.15) is 19.3 Å². The zero-order chi connectivity index (χ0) is 18.0. The second-order valence-corrected chi connectivity index (χ2v) is 7.29. The summed E-state index contributed by atoms with van der Waals surface area (Å²) in [7, 11) is 1.86. The first-order valence-corrected chi connectivity index (χ1v) is 9.06. The molecule has 3 rings (SSSR count). The largest absolute Gasteiger partial charge is 0.480 e. The van der Waals surface area contributed by atoms with E-state index in [2.05, 4.69) is 4.90 Å². The van der Waals surface area contributed by atoms with E-state index in [-0.39, 0.29) is 24.5 Å². The molecule has 2 heterocycles. The van der Waals surface area contributed by atoms with E-state index in [0.29, 0.717) is 11.6 Å². The summed E-state index contributed by atoms with van der Waals surface area (Å²) in [5.41, 5.74) is 0.857. The number of carbonyl (C=O) groups is 2. The van der Waals surface area contributed by atoms with Crippen molar-refractivity contribution in [2.24, 2.45) is 0 Å². The number of piperidine rings is 1. The summed E-state index contributed by atoms with van der Waals surface area (Å²) in [6.45, 7) is 2.43. The Balaban J connectivity index is 1.58. The minimum atomic E-state index is -0.798. The average Bonchev–Trinajstić information content (AvgIpc) is 2.96. The van der Waals surface area contributed by atoms with Crippen LogP contribution in [0.2, 0.25) is 5.02 Å². The van der Waals surface area contributed by atoms with Gasteiger partial charge in [0.25, 0.3) is 0 Å². The summed E-state index contributed by atoms with van der Waals surface area (Å²) in [6.07, 6.45) is 2.61. The van der Waals surface area contributed by atoms with Crippen LogP contribution in [-0.4, -0.2) is 72.1 Å². The van der Waals surface area contributed by atoms with Crippen molar-refractivity contribution in [3.63, 3.8) is 0 Å². The fraction of sp³-hybridized carbons (Fsp3) is 0.556. The zero-order valence-electron chi connectivity index (χ0n) is 14.4. The molecule has 2 saturated heterocycles. The summed E-state index contributed by atoms with van der Waals surface area (Å²) in [5, 5.41) is 9.55. The summed E-state index contributed by atoms with van der Waals surface area (Å²) in [6, 6.07) is 7.61. The maximum absolute atomic E-state index is 12.8. The molecule has 136 valence electrons. The average molecular weight is 366 g/mol. The molecule has 0 radical (unpaired) electrons. The minimum Gasteiger partial charge on any atom is -0.480 e. The van der Waals surface area contributed by atoms with Crippen LogP contribution in [0.5, 0.6) is 0 Å². The van der Waals surface area contributed by atoms with Crippen LogP contribution in [0, 0.1) is 0 Å². The molecule has 2 fully saturated rings. The first-order valence-electron chi connectivity index (χ1n) is 8.68. The number of likely N-dealkylation sites (N-methyl/N-ethyl adjacent to an activating group) is 1. The molecule has 0 saturated carbocycles. The first kappa shape index (κ1) is 18.2. The van der Waals surface area contributed by atoms with Gasteiger partial charge in [0.15, 0.2) is 0 Å². The van der Waals surface area contributed by atoms with Gasteiger partial charge in [0.05, 0.1) is 12.6 Å². The van der Waals surface area contributed by atoms with E-state index in [4.69, 9.17) is 16.7 Å². The van der Waals surface area contributed by atoms with Crippen molar-refractivity contribution in [3.8, 4) is 0 Å². The molecular weight excluding hydrogens is 342 g/mol. The van der Waals surface area contributed by atoms with Gasteiger partial charge in [-0.05, 0) is 44.5 Å². The predicted octanol–water partition coefficient (Wildman–Crippen LogP) is 1.93. The molecule has 0 spiro atoms. The lowest BCUT2D eigenvalue weighted by Crippen LogP contribution is -2.50. The van der Waals surface area contributed by atoms with Crippen molar-refractivity contribution in [1.82, 2.24) is 9.80 Å². The van der Waals surface area contributed by atoms with E-state index in [0.717, 1.165) is 38.0 Å². The second-order valence-electron chi connectivity index (χ2n) is 6.85. The number of anilines is 1. The second kappa shape index (κ2) is 7.72. The third-order valence-electron chi connectivity index (χ3n) is 5.24. The highest BCUT2D eigenvalue weighted by Gasteiger charge is 2.38. The molecule has 1 atom stereocenters. The van der Waals surface area contributed by atoms with E-state index in [1.165, 1.54) is 0 Å².